The van der Waals surface area contributed by atoms with Gasteiger partial charge in [-0.15, -0.1) is 0 Å². The van der Waals surface area contributed by atoms with Crippen molar-refractivity contribution in [3.63, 3.8) is 0 Å². The maximum absolute atomic E-state index is 12.2. The lowest BCUT2D eigenvalue weighted by Gasteiger charge is -2.15. The molecule has 4 nitrogen and oxygen atoms in total. The number of hydrogen-bond acceptors (Lipinski definition) is 3. The Morgan fingerprint density at radius 1 is 1.33 bits per heavy atom. The van der Waals surface area contributed by atoms with E-state index in [0.29, 0.717) is 17.7 Å². The molecular formula is C13H21NO3S. The summed E-state index contributed by atoms with van der Waals surface area (Å²) in [6.07, 6.45) is 1.22. The van der Waals surface area contributed by atoms with Crippen LogP contribution >= 0.6 is 0 Å². The molecule has 2 N–H and O–H groups in total. The SMILES string of the molecule is Cc1ccc(S(=O)(=O)NC(C)CCCO)c(C)c1. The summed E-state index contributed by atoms with van der Waals surface area (Å²) in [5.74, 6) is 0. The topological polar surface area (TPSA) is 66.4 Å². The van der Waals surface area contributed by atoms with Crippen LogP contribution in [0.5, 0.6) is 0 Å². The maximum atomic E-state index is 12.2. The van der Waals surface area contributed by atoms with Crippen LogP contribution in [0.4, 0.5) is 0 Å². The first kappa shape index (κ1) is 15.1. The zero-order valence-corrected chi connectivity index (χ0v) is 11.9. The van der Waals surface area contributed by atoms with Crippen LogP contribution in [0.3, 0.4) is 0 Å². The standard InChI is InChI=1S/C13H21NO3S/c1-10-6-7-13(11(2)9-10)18(16,17)14-12(3)5-4-8-15/h6-7,9,12,14-15H,4-5,8H2,1-3H3. The van der Waals surface area contributed by atoms with Crippen molar-refractivity contribution in [1.29, 1.82) is 0 Å². The van der Waals surface area contributed by atoms with Crippen molar-refractivity contribution in [2.75, 3.05) is 6.61 Å². The lowest BCUT2D eigenvalue weighted by atomic mass is 10.2. The van der Waals surface area contributed by atoms with E-state index < -0.39 is 10.0 Å². The average Bonchev–Trinajstić information content (AvgIpc) is 2.25. The Morgan fingerprint density at radius 2 is 2.00 bits per heavy atom. The number of aryl methyl sites for hydroxylation is 2. The summed E-state index contributed by atoms with van der Waals surface area (Å²) < 4.78 is 27.0. The molecule has 0 spiro atoms. The largest absolute Gasteiger partial charge is 0.396 e. The van der Waals surface area contributed by atoms with Gasteiger partial charge in [0.15, 0.2) is 0 Å². The Kier molecular flexibility index (Phi) is 5.31. The zero-order valence-electron chi connectivity index (χ0n) is 11.1. The van der Waals surface area contributed by atoms with Gasteiger partial charge in [-0.2, -0.15) is 0 Å². The first-order valence-corrected chi connectivity index (χ1v) is 7.55. The summed E-state index contributed by atoms with van der Waals surface area (Å²) in [6, 6.07) is 5.10. The summed E-state index contributed by atoms with van der Waals surface area (Å²) in [4.78, 5) is 0.323. The fourth-order valence-corrected chi connectivity index (χ4v) is 3.39. The van der Waals surface area contributed by atoms with Crippen molar-refractivity contribution in [3.05, 3.63) is 29.3 Å². The predicted molar refractivity (Wildman–Crippen MR) is 72.0 cm³/mol. The summed E-state index contributed by atoms with van der Waals surface area (Å²) >= 11 is 0. The first-order valence-electron chi connectivity index (χ1n) is 6.07. The van der Waals surface area contributed by atoms with Crippen LogP contribution in [0.25, 0.3) is 0 Å². The van der Waals surface area contributed by atoms with Gasteiger partial charge in [0.05, 0.1) is 4.90 Å². The number of aliphatic hydroxyl groups excluding tert-OH is 1. The third-order valence-corrected chi connectivity index (χ3v) is 4.52. The second-order valence-corrected chi connectivity index (χ2v) is 6.34. The molecule has 0 saturated carbocycles. The molecule has 0 heterocycles. The van der Waals surface area contributed by atoms with Crippen molar-refractivity contribution >= 4 is 10.0 Å². The highest BCUT2D eigenvalue weighted by Gasteiger charge is 2.19. The van der Waals surface area contributed by atoms with Crippen molar-refractivity contribution in [1.82, 2.24) is 4.72 Å². The summed E-state index contributed by atoms with van der Waals surface area (Å²) in [6.45, 7) is 5.60. The van der Waals surface area contributed by atoms with Crippen LogP contribution in [0.2, 0.25) is 0 Å². The molecule has 1 aromatic rings. The highest BCUT2D eigenvalue weighted by Crippen LogP contribution is 2.17. The highest BCUT2D eigenvalue weighted by molar-refractivity contribution is 7.89. The van der Waals surface area contributed by atoms with Crippen LogP contribution in [0.1, 0.15) is 30.9 Å². The number of aliphatic hydroxyl groups is 1. The smallest absolute Gasteiger partial charge is 0.241 e. The first-order chi connectivity index (χ1) is 8.36. The molecule has 0 saturated heterocycles. The fourth-order valence-electron chi connectivity index (χ4n) is 1.89. The van der Waals surface area contributed by atoms with Crippen molar-refractivity contribution in [2.45, 2.75) is 44.6 Å². The molecule has 0 bridgehead atoms. The minimum Gasteiger partial charge on any atom is -0.396 e. The molecule has 0 aliphatic carbocycles. The van der Waals surface area contributed by atoms with Gasteiger partial charge >= 0.3 is 0 Å². The Morgan fingerprint density at radius 3 is 2.56 bits per heavy atom. The van der Waals surface area contributed by atoms with E-state index in [9.17, 15) is 8.42 Å². The van der Waals surface area contributed by atoms with Gasteiger partial charge in [0.25, 0.3) is 0 Å². The minimum atomic E-state index is -3.47. The van der Waals surface area contributed by atoms with Gasteiger partial charge in [-0.05, 0) is 45.2 Å². The average molecular weight is 271 g/mol. The van der Waals surface area contributed by atoms with Crippen molar-refractivity contribution < 1.29 is 13.5 Å². The molecule has 0 aromatic heterocycles. The summed E-state index contributed by atoms with van der Waals surface area (Å²) in [5, 5.41) is 8.73. The van der Waals surface area contributed by atoms with E-state index in [0.717, 1.165) is 11.1 Å². The second kappa shape index (κ2) is 6.31. The number of hydrogen-bond donors (Lipinski definition) is 2. The fraction of sp³-hybridized carbons (Fsp3) is 0.538. The minimum absolute atomic E-state index is 0.0790. The molecule has 1 atom stereocenters. The molecule has 1 rings (SSSR count). The van der Waals surface area contributed by atoms with E-state index in [2.05, 4.69) is 4.72 Å². The van der Waals surface area contributed by atoms with E-state index in [1.54, 1.807) is 26.0 Å². The maximum Gasteiger partial charge on any atom is 0.241 e. The molecule has 0 amide bonds. The quantitative estimate of drug-likeness (QED) is 0.828. The second-order valence-electron chi connectivity index (χ2n) is 4.66. The van der Waals surface area contributed by atoms with Gasteiger partial charge in [-0.1, -0.05) is 17.7 Å². The van der Waals surface area contributed by atoms with Crippen LogP contribution in [-0.4, -0.2) is 26.2 Å². The zero-order chi connectivity index (χ0) is 13.8. The number of benzene rings is 1. The third-order valence-electron chi connectivity index (χ3n) is 2.77. The highest BCUT2D eigenvalue weighted by atomic mass is 32.2. The van der Waals surface area contributed by atoms with Gasteiger partial charge in [-0.25, -0.2) is 13.1 Å². The van der Waals surface area contributed by atoms with E-state index in [-0.39, 0.29) is 12.6 Å². The Labute approximate surface area is 109 Å². The molecule has 5 heteroatoms. The summed E-state index contributed by atoms with van der Waals surface area (Å²) in [7, 11) is -3.47. The van der Waals surface area contributed by atoms with Gasteiger partial charge < -0.3 is 5.11 Å². The summed E-state index contributed by atoms with van der Waals surface area (Å²) in [5.41, 5.74) is 1.79. The van der Waals surface area contributed by atoms with E-state index in [1.165, 1.54) is 0 Å². The van der Waals surface area contributed by atoms with Gasteiger partial charge in [0, 0.05) is 12.6 Å². The van der Waals surface area contributed by atoms with Crippen LogP contribution < -0.4 is 4.72 Å². The third kappa shape index (κ3) is 4.08. The molecule has 0 aliphatic heterocycles. The lowest BCUT2D eigenvalue weighted by Crippen LogP contribution is -2.33. The molecule has 102 valence electrons. The number of rotatable bonds is 6. The van der Waals surface area contributed by atoms with Gasteiger partial charge in [0.1, 0.15) is 0 Å². The molecule has 1 unspecified atom stereocenters. The molecule has 18 heavy (non-hydrogen) atoms. The molecule has 0 aliphatic rings. The lowest BCUT2D eigenvalue weighted by molar-refractivity contribution is 0.279. The monoisotopic (exact) mass is 271 g/mol. The normalized spacial score (nSPS) is 13.6. The van der Waals surface area contributed by atoms with Crippen LogP contribution in [-0.2, 0) is 10.0 Å². The van der Waals surface area contributed by atoms with Crippen LogP contribution in [0.15, 0.2) is 23.1 Å². The van der Waals surface area contributed by atoms with E-state index >= 15 is 0 Å². The number of nitrogens with one attached hydrogen (secondary N) is 1. The van der Waals surface area contributed by atoms with E-state index in [4.69, 9.17) is 5.11 Å². The number of sulfonamides is 1. The Bertz CT molecular complexity index is 497. The molecule has 1 aromatic carbocycles. The molecule has 0 radical (unpaired) electrons. The van der Waals surface area contributed by atoms with E-state index in [1.807, 2.05) is 13.0 Å². The van der Waals surface area contributed by atoms with Crippen molar-refractivity contribution in [2.24, 2.45) is 0 Å². The van der Waals surface area contributed by atoms with Gasteiger partial charge in [-0.3, -0.25) is 0 Å². The molecular weight excluding hydrogens is 250 g/mol. The van der Waals surface area contributed by atoms with Crippen molar-refractivity contribution in [3.8, 4) is 0 Å². The Hall–Kier alpha value is -0.910. The van der Waals surface area contributed by atoms with Crippen LogP contribution in [0, 0.1) is 13.8 Å². The predicted octanol–water partition coefficient (Wildman–Crippen LogP) is 1.74. The van der Waals surface area contributed by atoms with Gasteiger partial charge in [0.2, 0.25) is 10.0 Å². The molecule has 0 fully saturated rings. The Balaban J connectivity index is 2.86.